The van der Waals surface area contributed by atoms with Crippen molar-refractivity contribution >= 4 is 5.97 Å². The van der Waals surface area contributed by atoms with Crippen LogP contribution in [-0.2, 0) is 0 Å². The van der Waals surface area contributed by atoms with Gasteiger partial charge in [-0.15, -0.1) is 0 Å². The van der Waals surface area contributed by atoms with Gasteiger partial charge in [0, 0.05) is 17.4 Å². The SMILES string of the molecule is Cc1cc(C(=O)O)c(C)n1C1CCCC(C)(C)C1. The Kier molecular flexibility index (Phi) is 3.26. The van der Waals surface area contributed by atoms with Crippen LogP contribution in [0.4, 0.5) is 0 Å². The number of nitrogens with zero attached hydrogens (tertiary/aromatic N) is 1. The van der Waals surface area contributed by atoms with Crippen molar-refractivity contribution in [3.8, 4) is 0 Å². The van der Waals surface area contributed by atoms with Gasteiger partial charge >= 0.3 is 5.97 Å². The number of aromatic nitrogens is 1. The fourth-order valence-electron chi connectivity index (χ4n) is 3.43. The van der Waals surface area contributed by atoms with Crippen molar-refractivity contribution in [2.75, 3.05) is 0 Å². The molecule has 100 valence electrons. The zero-order valence-electron chi connectivity index (χ0n) is 11.8. The Hall–Kier alpha value is -1.25. The summed E-state index contributed by atoms with van der Waals surface area (Å²) >= 11 is 0. The monoisotopic (exact) mass is 249 g/mol. The van der Waals surface area contributed by atoms with E-state index in [1.807, 2.05) is 13.8 Å². The van der Waals surface area contributed by atoms with Crippen LogP contribution in [0.2, 0.25) is 0 Å². The highest BCUT2D eigenvalue weighted by Crippen LogP contribution is 2.42. The molecule has 1 aromatic rings. The molecule has 1 aliphatic carbocycles. The Morgan fingerprint density at radius 3 is 2.61 bits per heavy atom. The average Bonchev–Trinajstić information content (AvgIpc) is 2.53. The molecule has 0 aromatic carbocycles. The summed E-state index contributed by atoms with van der Waals surface area (Å²) in [5, 5.41) is 9.19. The molecule has 1 aliphatic rings. The van der Waals surface area contributed by atoms with E-state index in [4.69, 9.17) is 0 Å². The maximum Gasteiger partial charge on any atom is 0.337 e. The standard InChI is InChI=1S/C15H23NO2/c1-10-8-13(14(17)18)11(2)16(10)12-6-5-7-15(3,4)9-12/h8,12H,5-7,9H2,1-4H3,(H,17,18). The maximum atomic E-state index is 11.2. The summed E-state index contributed by atoms with van der Waals surface area (Å²) < 4.78 is 2.24. The van der Waals surface area contributed by atoms with Crippen LogP contribution in [0.5, 0.6) is 0 Å². The zero-order chi connectivity index (χ0) is 13.5. The van der Waals surface area contributed by atoms with Crippen molar-refractivity contribution in [2.45, 2.75) is 59.4 Å². The molecule has 2 rings (SSSR count). The van der Waals surface area contributed by atoms with E-state index in [0.717, 1.165) is 17.8 Å². The lowest BCUT2D eigenvalue weighted by Crippen LogP contribution is -2.26. The number of carboxylic acid groups (broad SMARTS) is 1. The minimum absolute atomic E-state index is 0.370. The summed E-state index contributed by atoms with van der Waals surface area (Å²) in [6, 6.07) is 2.26. The molecule has 1 N–H and O–H groups in total. The minimum atomic E-state index is -0.815. The van der Waals surface area contributed by atoms with Crippen LogP contribution in [0.3, 0.4) is 0 Å². The highest BCUT2D eigenvalue weighted by Gasteiger charge is 2.30. The summed E-state index contributed by atoms with van der Waals surface area (Å²) in [6.07, 6.45) is 4.81. The predicted molar refractivity (Wildman–Crippen MR) is 72.2 cm³/mol. The fourth-order valence-corrected chi connectivity index (χ4v) is 3.43. The second-order valence-electron chi connectivity index (χ2n) is 6.37. The highest BCUT2D eigenvalue weighted by molar-refractivity contribution is 5.89. The summed E-state index contributed by atoms with van der Waals surface area (Å²) in [5.41, 5.74) is 2.81. The normalized spacial score (nSPS) is 23.0. The molecule has 3 nitrogen and oxygen atoms in total. The Morgan fingerprint density at radius 1 is 1.44 bits per heavy atom. The largest absolute Gasteiger partial charge is 0.478 e. The fraction of sp³-hybridized carbons (Fsp3) is 0.667. The number of aromatic carboxylic acids is 1. The van der Waals surface area contributed by atoms with Gasteiger partial charge in [0.15, 0.2) is 0 Å². The van der Waals surface area contributed by atoms with Crippen LogP contribution in [0, 0.1) is 19.3 Å². The molecule has 0 amide bonds. The summed E-state index contributed by atoms with van der Waals surface area (Å²) in [4.78, 5) is 11.2. The quantitative estimate of drug-likeness (QED) is 0.862. The van der Waals surface area contributed by atoms with Crippen molar-refractivity contribution in [3.63, 3.8) is 0 Å². The third-order valence-electron chi connectivity index (χ3n) is 4.26. The molecule has 0 radical (unpaired) electrons. The zero-order valence-corrected chi connectivity index (χ0v) is 11.8. The first-order chi connectivity index (χ1) is 8.32. The van der Waals surface area contributed by atoms with E-state index in [-0.39, 0.29) is 0 Å². The van der Waals surface area contributed by atoms with Gasteiger partial charge in [-0.2, -0.15) is 0 Å². The van der Waals surface area contributed by atoms with Crippen molar-refractivity contribution < 1.29 is 9.90 Å². The maximum absolute atomic E-state index is 11.2. The third kappa shape index (κ3) is 2.31. The smallest absolute Gasteiger partial charge is 0.337 e. The molecule has 0 saturated heterocycles. The van der Waals surface area contributed by atoms with E-state index in [2.05, 4.69) is 18.4 Å². The molecule has 1 unspecified atom stereocenters. The summed E-state index contributed by atoms with van der Waals surface area (Å²) in [5.74, 6) is -0.815. The van der Waals surface area contributed by atoms with Crippen LogP contribution in [0.25, 0.3) is 0 Å². The summed E-state index contributed by atoms with van der Waals surface area (Å²) in [7, 11) is 0. The lowest BCUT2D eigenvalue weighted by molar-refractivity contribution is 0.0695. The second kappa shape index (κ2) is 4.45. The van der Waals surface area contributed by atoms with E-state index in [1.165, 1.54) is 19.3 Å². The first-order valence-electron chi connectivity index (χ1n) is 6.73. The van der Waals surface area contributed by atoms with E-state index >= 15 is 0 Å². The van der Waals surface area contributed by atoms with Crippen molar-refractivity contribution in [1.82, 2.24) is 4.57 Å². The van der Waals surface area contributed by atoms with Crippen molar-refractivity contribution in [1.29, 1.82) is 0 Å². The van der Waals surface area contributed by atoms with E-state index in [9.17, 15) is 9.90 Å². The van der Waals surface area contributed by atoms with Crippen LogP contribution in [0.15, 0.2) is 6.07 Å². The number of hydrogen-bond donors (Lipinski definition) is 1. The molecule has 0 aliphatic heterocycles. The molecule has 3 heteroatoms. The molecular formula is C15H23NO2. The third-order valence-corrected chi connectivity index (χ3v) is 4.26. The van der Waals surface area contributed by atoms with Crippen molar-refractivity contribution in [3.05, 3.63) is 23.0 Å². The Bertz CT molecular complexity index is 471. The topological polar surface area (TPSA) is 42.2 Å². The second-order valence-corrected chi connectivity index (χ2v) is 6.37. The molecule has 1 heterocycles. The van der Waals surface area contributed by atoms with E-state index in [1.54, 1.807) is 6.07 Å². The van der Waals surface area contributed by atoms with Gasteiger partial charge < -0.3 is 9.67 Å². The van der Waals surface area contributed by atoms with Gasteiger partial charge in [-0.05, 0) is 44.6 Å². The van der Waals surface area contributed by atoms with Crippen LogP contribution in [-0.4, -0.2) is 15.6 Å². The average molecular weight is 249 g/mol. The molecule has 1 aromatic heterocycles. The predicted octanol–water partition coefficient (Wildman–Crippen LogP) is 3.94. The molecule has 1 fully saturated rings. The number of aryl methyl sites for hydroxylation is 1. The molecule has 0 spiro atoms. The minimum Gasteiger partial charge on any atom is -0.478 e. The van der Waals surface area contributed by atoms with Crippen molar-refractivity contribution in [2.24, 2.45) is 5.41 Å². The van der Waals surface area contributed by atoms with E-state index < -0.39 is 5.97 Å². The molecule has 1 atom stereocenters. The van der Waals surface area contributed by atoms with E-state index in [0.29, 0.717) is 17.0 Å². The Morgan fingerprint density at radius 2 is 2.11 bits per heavy atom. The first kappa shape index (κ1) is 13.2. The number of rotatable bonds is 2. The highest BCUT2D eigenvalue weighted by atomic mass is 16.4. The van der Waals surface area contributed by atoms with Gasteiger partial charge in [0.2, 0.25) is 0 Å². The van der Waals surface area contributed by atoms with Gasteiger partial charge in [0.25, 0.3) is 0 Å². The molecule has 1 saturated carbocycles. The van der Waals surface area contributed by atoms with Gasteiger partial charge in [-0.3, -0.25) is 0 Å². The number of carboxylic acids is 1. The lowest BCUT2D eigenvalue weighted by Gasteiger charge is -2.37. The Labute approximate surface area is 109 Å². The lowest BCUT2D eigenvalue weighted by atomic mass is 9.75. The molecule has 18 heavy (non-hydrogen) atoms. The molecule has 0 bridgehead atoms. The van der Waals surface area contributed by atoms with Gasteiger partial charge in [-0.1, -0.05) is 20.3 Å². The molecular weight excluding hydrogens is 226 g/mol. The number of hydrogen-bond acceptors (Lipinski definition) is 1. The summed E-state index contributed by atoms with van der Waals surface area (Å²) in [6.45, 7) is 8.57. The van der Waals surface area contributed by atoms with Crippen LogP contribution < -0.4 is 0 Å². The van der Waals surface area contributed by atoms with Gasteiger partial charge in [0.1, 0.15) is 0 Å². The van der Waals surface area contributed by atoms with Gasteiger partial charge in [-0.25, -0.2) is 4.79 Å². The number of carbonyl (C=O) groups is 1. The van der Waals surface area contributed by atoms with Crippen LogP contribution in [0.1, 0.15) is 67.3 Å². The first-order valence-corrected chi connectivity index (χ1v) is 6.73. The Balaban J connectivity index is 2.36. The van der Waals surface area contributed by atoms with Crippen LogP contribution >= 0.6 is 0 Å². The van der Waals surface area contributed by atoms with Gasteiger partial charge in [0.05, 0.1) is 5.56 Å².